The van der Waals surface area contributed by atoms with Crippen LogP contribution in [0.4, 0.5) is 22.0 Å². The number of likely N-dealkylation sites (tertiary alicyclic amines) is 1. The number of carbonyl (C=O) groups is 2. The third-order valence-electron chi connectivity index (χ3n) is 9.59. The van der Waals surface area contributed by atoms with Crippen LogP contribution in [0, 0.1) is 11.6 Å². The predicted octanol–water partition coefficient (Wildman–Crippen LogP) is 5.07. The van der Waals surface area contributed by atoms with Gasteiger partial charge in [-0.15, -0.1) is 0 Å². The molecule has 1 aliphatic carbocycles. The van der Waals surface area contributed by atoms with Gasteiger partial charge in [0.2, 0.25) is 5.56 Å². The lowest BCUT2D eigenvalue weighted by molar-refractivity contribution is -0.137. The fraction of sp³-hybridized carbons (Fsp3) is 0.472. The Kier molecular flexibility index (Phi) is 11.7. The maximum Gasteiger partial charge on any atom is 0.416 e. The number of H-pyrrole nitrogens is 1. The van der Waals surface area contributed by atoms with E-state index < -0.39 is 58.4 Å². The van der Waals surface area contributed by atoms with E-state index in [1.54, 1.807) is 11.0 Å². The first-order valence-electron chi connectivity index (χ1n) is 16.7. The summed E-state index contributed by atoms with van der Waals surface area (Å²) >= 11 is 0. The highest BCUT2D eigenvalue weighted by molar-refractivity contribution is 5.98. The number of aromatic nitrogens is 1. The number of nitrogens with zero attached hydrogens (tertiary/aromatic N) is 1. The summed E-state index contributed by atoms with van der Waals surface area (Å²) in [5.74, 6) is -3.05. The van der Waals surface area contributed by atoms with Crippen LogP contribution in [-0.2, 0) is 22.9 Å². The second kappa shape index (κ2) is 15.8. The predicted molar refractivity (Wildman–Crippen MR) is 175 cm³/mol. The minimum Gasteiger partial charge on any atom is -0.390 e. The van der Waals surface area contributed by atoms with Crippen LogP contribution in [0.5, 0.6) is 0 Å². The van der Waals surface area contributed by atoms with Gasteiger partial charge in [-0.05, 0) is 73.6 Å². The Balaban J connectivity index is 1.40. The molecule has 3 atom stereocenters. The van der Waals surface area contributed by atoms with Crippen LogP contribution >= 0.6 is 0 Å². The largest absolute Gasteiger partial charge is 0.416 e. The van der Waals surface area contributed by atoms with Crippen LogP contribution in [0.15, 0.2) is 59.4 Å². The first kappa shape index (κ1) is 37.1. The Hall–Kier alpha value is -4.14. The first-order valence-corrected chi connectivity index (χ1v) is 16.7. The zero-order valence-electron chi connectivity index (χ0n) is 27.6. The minimum absolute atomic E-state index is 0.0202. The zero-order chi connectivity index (χ0) is 36.1. The number of aliphatic hydroxyl groups excluding tert-OH is 1. The van der Waals surface area contributed by atoms with Crippen molar-refractivity contribution < 1.29 is 41.4 Å². The monoisotopic (exact) mass is 704 g/mol. The highest BCUT2D eigenvalue weighted by atomic mass is 19.4. The average Bonchev–Trinajstić information content (AvgIpc) is 3.54. The van der Waals surface area contributed by atoms with Crippen LogP contribution in [0.2, 0.25) is 0 Å². The van der Waals surface area contributed by atoms with Gasteiger partial charge in [-0.2, -0.15) is 13.2 Å². The number of hydrogen-bond donors (Lipinski definition) is 4. The molecule has 2 aromatic carbocycles. The molecule has 1 aliphatic heterocycles. The summed E-state index contributed by atoms with van der Waals surface area (Å²) in [5, 5.41) is 17.4. The van der Waals surface area contributed by atoms with Crippen LogP contribution in [0.3, 0.4) is 0 Å². The number of halogens is 5. The van der Waals surface area contributed by atoms with Gasteiger partial charge in [-0.1, -0.05) is 31.4 Å². The number of ether oxygens (including phenoxy) is 1. The van der Waals surface area contributed by atoms with Crippen molar-refractivity contribution in [3.63, 3.8) is 0 Å². The van der Waals surface area contributed by atoms with Crippen LogP contribution in [0.25, 0.3) is 0 Å². The molecule has 2 aliphatic rings. The molecule has 0 bridgehead atoms. The molecule has 9 nitrogen and oxygen atoms in total. The van der Waals surface area contributed by atoms with Crippen LogP contribution in [0.1, 0.15) is 82.5 Å². The van der Waals surface area contributed by atoms with E-state index in [9.17, 15) is 41.4 Å². The van der Waals surface area contributed by atoms with E-state index in [0.29, 0.717) is 37.6 Å². The Morgan fingerprint density at radius 1 is 1.04 bits per heavy atom. The number of aromatic amines is 1. The van der Waals surface area contributed by atoms with Gasteiger partial charge < -0.3 is 30.4 Å². The molecule has 2 fully saturated rings. The quantitative estimate of drug-likeness (QED) is 0.195. The molecular weight excluding hydrogens is 663 g/mol. The molecule has 1 saturated carbocycles. The van der Waals surface area contributed by atoms with Crippen molar-refractivity contribution in [2.75, 3.05) is 26.8 Å². The number of hydrogen-bond acceptors (Lipinski definition) is 6. The number of rotatable bonds is 12. The minimum atomic E-state index is -4.55. The summed E-state index contributed by atoms with van der Waals surface area (Å²) in [6.07, 6.45) is -1.39. The molecule has 2 heterocycles. The highest BCUT2D eigenvalue weighted by Crippen LogP contribution is 2.39. The number of methoxy groups -OCH3 is 1. The summed E-state index contributed by atoms with van der Waals surface area (Å²) in [6, 6.07) is 8.79. The number of amides is 2. The van der Waals surface area contributed by atoms with Gasteiger partial charge >= 0.3 is 6.18 Å². The highest BCUT2D eigenvalue weighted by Gasteiger charge is 2.38. The van der Waals surface area contributed by atoms with Crippen LogP contribution in [-0.4, -0.2) is 71.8 Å². The standard InChI is InChI=1S/C36H41F5N4O5/c1-50-21-28-9-6-12-45(28)34(49)23-16-30(43-32(47)17-23)33(48)44-29(15-22-13-26(37)19-27(38)14-22)31(46)20-42-35(10-3-2-4-11-35)24-7-5-8-25(18-24)36(39,40)41/h5,7-8,13-14,16-19,28-29,31,42,46H,2-4,6,9-12,15,20-21H2,1H3,(H,43,47)(H,44,48)/t28-,29+,31-/m1/s1. The second-order valence-electron chi connectivity index (χ2n) is 13.1. The van der Waals surface area contributed by atoms with Crippen molar-refractivity contribution in [2.24, 2.45) is 0 Å². The summed E-state index contributed by atoms with van der Waals surface area (Å²) in [5.41, 5.74) is -2.18. The SMILES string of the molecule is COC[C@H]1CCCN1C(=O)c1cc(C(=O)N[C@@H](Cc2cc(F)cc(F)c2)[C@H](O)CNC2(c3cccc(C(F)(F)F)c3)CCCCC2)[nH]c(=O)c1. The van der Waals surface area contributed by atoms with Gasteiger partial charge in [-0.25, -0.2) is 8.78 Å². The Labute approximate surface area is 286 Å². The number of alkyl halides is 3. The second-order valence-corrected chi connectivity index (χ2v) is 13.1. The first-order chi connectivity index (χ1) is 23.8. The Morgan fingerprint density at radius 2 is 1.76 bits per heavy atom. The molecule has 5 rings (SSSR count). The zero-order valence-corrected chi connectivity index (χ0v) is 27.6. The molecule has 1 aromatic heterocycles. The molecular formula is C36H41F5N4O5. The molecule has 0 radical (unpaired) electrons. The van der Waals surface area contributed by atoms with E-state index in [1.807, 2.05) is 0 Å². The van der Waals surface area contributed by atoms with E-state index in [0.717, 1.165) is 62.4 Å². The number of benzene rings is 2. The lowest BCUT2D eigenvalue weighted by Crippen LogP contribution is -2.53. The molecule has 3 aromatic rings. The topological polar surface area (TPSA) is 124 Å². The van der Waals surface area contributed by atoms with Gasteiger partial charge in [0, 0.05) is 43.4 Å². The van der Waals surface area contributed by atoms with E-state index in [4.69, 9.17) is 4.74 Å². The molecule has 4 N–H and O–H groups in total. The normalized spacial score (nSPS) is 18.9. The van der Waals surface area contributed by atoms with Crippen molar-refractivity contribution in [3.8, 4) is 0 Å². The van der Waals surface area contributed by atoms with Crippen molar-refractivity contribution in [1.82, 2.24) is 20.5 Å². The molecule has 14 heteroatoms. The maximum absolute atomic E-state index is 14.2. The fourth-order valence-corrected chi connectivity index (χ4v) is 7.09. The van der Waals surface area contributed by atoms with Gasteiger partial charge in [0.05, 0.1) is 30.4 Å². The third-order valence-corrected chi connectivity index (χ3v) is 9.59. The van der Waals surface area contributed by atoms with Gasteiger partial charge in [0.15, 0.2) is 0 Å². The fourth-order valence-electron chi connectivity index (χ4n) is 7.09. The van der Waals surface area contributed by atoms with E-state index in [2.05, 4.69) is 15.6 Å². The summed E-state index contributed by atoms with van der Waals surface area (Å²) < 4.78 is 74.4. The molecule has 0 spiro atoms. The molecule has 1 saturated heterocycles. The lowest BCUT2D eigenvalue weighted by atomic mass is 9.76. The van der Waals surface area contributed by atoms with Crippen molar-refractivity contribution in [1.29, 1.82) is 0 Å². The van der Waals surface area contributed by atoms with Gasteiger partial charge in [0.1, 0.15) is 17.3 Å². The number of aliphatic hydroxyl groups is 1. The van der Waals surface area contributed by atoms with Crippen molar-refractivity contribution >= 4 is 11.8 Å². The smallest absolute Gasteiger partial charge is 0.390 e. The summed E-state index contributed by atoms with van der Waals surface area (Å²) in [6.45, 7) is 0.560. The Bertz CT molecular complexity index is 1710. The number of carbonyl (C=O) groups excluding carboxylic acids is 2. The summed E-state index contributed by atoms with van der Waals surface area (Å²) in [4.78, 5) is 43.6. The van der Waals surface area contributed by atoms with Crippen LogP contribution < -0.4 is 16.2 Å². The Morgan fingerprint density at radius 3 is 2.44 bits per heavy atom. The van der Waals surface area contributed by atoms with E-state index in [1.165, 1.54) is 19.2 Å². The molecule has 0 unspecified atom stereocenters. The summed E-state index contributed by atoms with van der Waals surface area (Å²) in [7, 11) is 1.52. The van der Waals surface area contributed by atoms with E-state index >= 15 is 0 Å². The number of nitrogens with one attached hydrogen (secondary N) is 3. The van der Waals surface area contributed by atoms with Crippen molar-refractivity contribution in [2.45, 2.75) is 81.3 Å². The maximum atomic E-state index is 14.2. The molecule has 50 heavy (non-hydrogen) atoms. The average molecular weight is 705 g/mol. The number of pyridine rings is 1. The molecule has 2 amide bonds. The lowest BCUT2D eigenvalue weighted by Gasteiger charge is -2.40. The molecule has 270 valence electrons. The van der Waals surface area contributed by atoms with E-state index in [-0.39, 0.29) is 35.8 Å². The van der Waals surface area contributed by atoms with Gasteiger partial charge in [-0.3, -0.25) is 14.4 Å². The third kappa shape index (κ3) is 8.95. The van der Waals surface area contributed by atoms with Crippen molar-refractivity contribution in [3.05, 3.63) is 105 Å². The van der Waals surface area contributed by atoms with Gasteiger partial charge in [0.25, 0.3) is 11.8 Å².